The summed E-state index contributed by atoms with van der Waals surface area (Å²) in [4.78, 5) is 21.1. The second-order valence-corrected chi connectivity index (χ2v) is 2.86. The predicted molar refractivity (Wildman–Crippen MR) is 53.2 cm³/mol. The van der Waals surface area contributed by atoms with Gasteiger partial charge in [-0.15, -0.1) is 0 Å². The van der Waals surface area contributed by atoms with E-state index in [4.69, 9.17) is 9.47 Å². The number of hydrogen-bond acceptors (Lipinski definition) is 5. The molecule has 0 saturated heterocycles. The van der Waals surface area contributed by atoms with Gasteiger partial charge in [-0.05, 0) is 6.92 Å². The fourth-order valence-corrected chi connectivity index (χ4v) is 0.741. The van der Waals surface area contributed by atoms with Crippen LogP contribution in [0.5, 0.6) is 0 Å². The first-order valence-electron chi connectivity index (χ1n) is 4.60. The molecule has 0 aliphatic carbocycles. The van der Waals surface area contributed by atoms with Crippen LogP contribution in [-0.2, 0) is 23.8 Å². The second-order valence-electron chi connectivity index (χ2n) is 2.86. The molecule has 5 heteroatoms. The van der Waals surface area contributed by atoms with E-state index in [0.29, 0.717) is 0 Å². The Bertz CT molecular complexity index is 224. The molecule has 0 spiro atoms. The summed E-state index contributed by atoms with van der Waals surface area (Å²) >= 11 is 0. The van der Waals surface area contributed by atoms with Crippen LogP contribution in [-0.4, -0.2) is 37.9 Å². The number of rotatable bonds is 7. The van der Waals surface area contributed by atoms with Gasteiger partial charge in [0.05, 0.1) is 12.7 Å². The van der Waals surface area contributed by atoms with Crippen molar-refractivity contribution >= 4 is 11.9 Å². The molecule has 0 radical (unpaired) electrons. The van der Waals surface area contributed by atoms with Gasteiger partial charge in [-0.25, -0.2) is 4.79 Å². The summed E-state index contributed by atoms with van der Waals surface area (Å²) in [6.45, 7) is 6.99. The molecule has 0 heterocycles. The lowest BCUT2D eigenvalue weighted by Crippen LogP contribution is -2.20. The first-order chi connectivity index (χ1) is 7.06. The Morgan fingerprint density at radius 1 is 1.33 bits per heavy atom. The maximum absolute atomic E-state index is 10.7. The van der Waals surface area contributed by atoms with Gasteiger partial charge in [-0.1, -0.05) is 6.58 Å². The molecule has 0 aliphatic rings. The first kappa shape index (κ1) is 13.6. The van der Waals surface area contributed by atoms with Gasteiger partial charge in [-0.3, -0.25) is 4.79 Å². The Hall–Kier alpha value is -1.36. The van der Waals surface area contributed by atoms with Gasteiger partial charge in [0, 0.05) is 13.0 Å². The van der Waals surface area contributed by atoms with Crippen LogP contribution in [0, 0.1) is 0 Å². The number of hydrogen-bond donors (Lipinski definition) is 0. The van der Waals surface area contributed by atoms with Crippen LogP contribution in [0.2, 0.25) is 0 Å². The van der Waals surface area contributed by atoms with E-state index in [1.165, 1.54) is 6.92 Å². The minimum atomic E-state index is -0.481. The Balaban J connectivity index is 3.40. The number of carbonyl (C=O) groups is 2. The maximum atomic E-state index is 10.7. The molecule has 5 nitrogen and oxygen atoms in total. The van der Waals surface area contributed by atoms with Gasteiger partial charge < -0.3 is 14.2 Å². The van der Waals surface area contributed by atoms with Crippen LogP contribution < -0.4 is 0 Å². The molecule has 0 fully saturated rings. The van der Waals surface area contributed by atoms with Crippen molar-refractivity contribution in [3.05, 3.63) is 12.7 Å². The Morgan fingerprint density at radius 2 is 2.00 bits per heavy atom. The zero-order valence-electron chi connectivity index (χ0n) is 9.02. The van der Waals surface area contributed by atoms with Gasteiger partial charge in [-0.2, -0.15) is 0 Å². The zero-order valence-corrected chi connectivity index (χ0v) is 9.02. The second kappa shape index (κ2) is 7.99. The van der Waals surface area contributed by atoms with Gasteiger partial charge in [0.15, 0.2) is 0 Å². The smallest absolute Gasteiger partial charge is 0.330 e. The van der Waals surface area contributed by atoms with E-state index in [2.05, 4.69) is 11.3 Å². The van der Waals surface area contributed by atoms with Crippen LogP contribution in [0.15, 0.2) is 12.7 Å². The van der Waals surface area contributed by atoms with Gasteiger partial charge >= 0.3 is 11.9 Å². The van der Waals surface area contributed by atoms with E-state index >= 15 is 0 Å². The molecule has 86 valence electrons. The third-order valence-electron chi connectivity index (χ3n) is 1.42. The summed E-state index contributed by atoms with van der Waals surface area (Å²) in [5, 5.41) is 0. The average Bonchev–Trinajstić information content (AvgIpc) is 2.20. The predicted octanol–water partition coefficient (Wildman–Crippen LogP) is 0.684. The van der Waals surface area contributed by atoms with Crippen molar-refractivity contribution in [2.75, 3.05) is 19.8 Å². The zero-order chi connectivity index (χ0) is 11.7. The van der Waals surface area contributed by atoms with Crippen molar-refractivity contribution in [1.82, 2.24) is 0 Å². The summed E-state index contributed by atoms with van der Waals surface area (Å²) in [7, 11) is 0. The lowest BCUT2D eigenvalue weighted by molar-refractivity contribution is -0.145. The molecule has 1 atom stereocenters. The molecule has 0 bridgehead atoms. The summed E-state index contributed by atoms with van der Waals surface area (Å²) in [6.07, 6.45) is 0.857. The van der Waals surface area contributed by atoms with Crippen LogP contribution in [0.4, 0.5) is 0 Å². The van der Waals surface area contributed by atoms with Crippen molar-refractivity contribution < 1.29 is 23.8 Å². The Labute approximate surface area is 89.0 Å². The largest absolute Gasteiger partial charge is 0.463 e. The highest BCUT2D eigenvalue weighted by molar-refractivity contribution is 5.81. The number of ether oxygens (including phenoxy) is 3. The standard InChI is InChI=1S/C10H16O5/c1-4-10(12)15-7-8(2)13-5-6-14-9(3)11/h4,8H,1,5-7H2,2-3H3. The van der Waals surface area contributed by atoms with E-state index in [0.717, 1.165) is 6.08 Å². The van der Waals surface area contributed by atoms with Crippen molar-refractivity contribution in [2.24, 2.45) is 0 Å². The molecule has 0 N–H and O–H groups in total. The highest BCUT2D eigenvalue weighted by Gasteiger charge is 2.05. The van der Waals surface area contributed by atoms with Crippen molar-refractivity contribution in [3.8, 4) is 0 Å². The Kier molecular flexibility index (Phi) is 7.27. The molecule has 1 unspecified atom stereocenters. The maximum Gasteiger partial charge on any atom is 0.330 e. The van der Waals surface area contributed by atoms with Crippen LogP contribution >= 0.6 is 0 Å². The minimum absolute atomic E-state index is 0.158. The third-order valence-corrected chi connectivity index (χ3v) is 1.42. The summed E-state index contributed by atoms with van der Waals surface area (Å²) < 4.78 is 14.6. The normalized spacial score (nSPS) is 11.6. The van der Waals surface area contributed by atoms with Crippen LogP contribution in [0.3, 0.4) is 0 Å². The molecule has 0 rings (SSSR count). The lowest BCUT2D eigenvalue weighted by Gasteiger charge is -2.12. The average molecular weight is 216 g/mol. The summed E-state index contributed by atoms with van der Waals surface area (Å²) in [6, 6.07) is 0. The molecule has 0 aliphatic heterocycles. The van der Waals surface area contributed by atoms with Crippen molar-refractivity contribution in [3.63, 3.8) is 0 Å². The highest BCUT2D eigenvalue weighted by Crippen LogP contribution is 1.93. The molecule has 0 saturated carbocycles. The first-order valence-corrected chi connectivity index (χ1v) is 4.60. The van der Waals surface area contributed by atoms with E-state index < -0.39 is 5.97 Å². The quantitative estimate of drug-likeness (QED) is 0.356. The highest BCUT2D eigenvalue weighted by atomic mass is 16.6. The van der Waals surface area contributed by atoms with Gasteiger partial charge in [0.1, 0.15) is 13.2 Å². The SMILES string of the molecule is C=CC(=O)OCC(C)OCCOC(C)=O. The molecule has 0 aromatic heterocycles. The summed E-state index contributed by atoms with van der Waals surface area (Å²) in [5.41, 5.74) is 0. The summed E-state index contributed by atoms with van der Waals surface area (Å²) in [5.74, 6) is -0.824. The van der Waals surface area contributed by atoms with E-state index in [9.17, 15) is 9.59 Å². The lowest BCUT2D eigenvalue weighted by atomic mass is 10.4. The van der Waals surface area contributed by atoms with Crippen LogP contribution in [0.25, 0.3) is 0 Å². The molecule has 15 heavy (non-hydrogen) atoms. The molecule has 0 aromatic rings. The van der Waals surface area contributed by atoms with Gasteiger partial charge in [0.25, 0.3) is 0 Å². The van der Waals surface area contributed by atoms with E-state index in [1.807, 2.05) is 0 Å². The van der Waals surface area contributed by atoms with E-state index in [-0.39, 0.29) is 31.9 Å². The van der Waals surface area contributed by atoms with Crippen molar-refractivity contribution in [1.29, 1.82) is 0 Å². The minimum Gasteiger partial charge on any atom is -0.463 e. The van der Waals surface area contributed by atoms with E-state index in [1.54, 1.807) is 6.92 Å². The topological polar surface area (TPSA) is 61.8 Å². The van der Waals surface area contributed by atoms with Gasteiger partial charge in [0.2, 0.25) is 0 Å². The van der Waals surface area contributed by atoms with Crippen LogP contribution in [0.1, 0.15) is 13.8 Å². The van der Waals surface area contributed by atoms with Crippen molar-refractivity contribution in [2.45, 2.75) is 20.0 Å². The number of esters is 2. The number of carbonyl (C=O) groups excluding carboxylic acids is 2. The fraction of sp³-hybridized carbons (Fsp3) is 0.600. The molecule has 0 amide bonds. The third kappa shape index (κ3) is 8.96. The molecular formula is C10H16O5. The molecular weight excluding hydrogens is 200 g/mol. The Morgan fingerprint density at radius 3 is 2.53 bits per heavy atom. The molecule has 0 aromatic carbocycles. The fourth-order valence-electron chi connectivity index (χ4n) is 0.741. The monoisotopic (exact) mass is 216 g/mol.